The fourth-order valence-electron chi connectivity index (χ4n) is 2.01. The van der Waals surface area contributed by atoms with Gasteiger partial charge in [-0.15, -0.1) is 0 Å². The fourth-order valence-corrected chi connectivity index (χ4v) is 2.01. The van der Waals surface area contributed by atoms with Crippen molar-refractivity contribution in [2.75, 3.05) is 5.73 Å². The van der Waals surface area contributed by atoms with E-state index in [1.807, 2.05) is 6.07 Å². The summed E-state index contributed by atoms with van der Waals surface area (Å²) in [5.74, 6) is -0.964. The molecular formula is C10H12N2O2. The van der Waals surface area contributed by atoms with Gasteiger partial charge in [0, 0.05) is 11.7 Å². The van der Waals surface area contributed by atoms with Gasteiger partial charge in [-0.3, -0.25) is 0 Å². The molecule has 1 aliphatic carbocycles. The van der Waals surface area contributed by atoms with Gasteiger partial charge in [0.1, 0.15) is 0 Å². The predicted octanol–water partition coefficient (Wildman–Crippen LogP) is 0.913. The zero-order valence-electron chi connectivity index (χ0n) is 7.66. The zero-order valence-corrected chi connectivity index (χ0v) is 7.66. The molecule has 0 saturated carbocycles. The molecule has 0 saturated heterocycles. The molecule has 0 aromatic heterocycles. The summed E-state index contributed by atoms with van der Waals surface area (Å²) in [6.07, 6.45) is 1.52. The van der Waals surface area contributed by atoms with Crippen molar-refractivity contribution in [3.8, 4) is 0 Å². The Kier molecular flexibility index (Phi) is 1.93. The topological polar surface area (TPSA) is 89.3 Å². The molecule has 1 aromatic carbocycles. The number of hydrogen-bond donors (Lipinski definition) is 3. The molecule has 0 bridgehead atoms. The lowest BCUT2D eigenvalue weighted by Crippen LogP contribution is -2.09. The third-order valence-electron chi connectivity index (χ3n) is 2.70. The standard InChI is InChI=1S/C10H12N2O2/c11-7-3-2-6-5(7)1-4-8(12)9(6)10(13)14/h1,4,7H,2-3,11-12H2,(H,13,14)/t7-/m0/s1. The minimum absolute atomic E-state index is 0.0382. The molecule has 0 aliphatic heterocycles. The number of aromatic carboxylic acids is 1. The third-order valence-corrected chi connectivity index (χ3v) is 2.70. The number of nitrogen functional groups attached to an aromatic ring is 1. The highest BCUT2D eigenvalue weighted by molar-refractivity contribution is 5.96. The molecule has 14 heavy (non-hydrogen) atoms. The maximum atomic E-state index is 11.0. The van der Waals surface area contributed by atoms with Crippen LogP contribution in [0.25, 0.3) is 0 Å². The third kappa shape index (κ3) is 1.15. The van der Waals surface area contributed by atoms with Gasteiger partial charge in [-0.05, 0) is 30.0 Å². The zero-order chi connectivity index (χ0) is 10.3. The quantitative estimate of drug-likeness (QED) is 0.577. The molecule has 5 N–H and O–H groups in total. The van der Waals surface area contributed by atoms with E-state index >= 15 is 0 Å². The summed E-state index contributed by atoms with van der Waals surface area (Å²) in [4.78, 5) is 11.0. The fraction of sp³-hybridized carbons (Fsp3) is 0.300. The summed E-state index contributed by atoms with van der Waals surface area (Å²) in [6, 6.07) is 3.41. The number of rotatable bonds is 1. The highest BCUT2D eigenvalue weighted by Gasteiger charge is 2.25. The second-order valence-corrected chi connectivity index (χ2v) is 3.55. The minimum atomic E-state index is -0.964. The van der Waals surface area contributed by atoms with E-state index in [4.69, 9.17) is 16.6 Å². The monoisotopic (exact) mass is 192 g/mol. The molecular weight excluding hydrogens is 180 g/mol. The molecule has 0 spiro atoms. The smallest absolute Gasteiger partial charge is 0.338 e. The first-order valence-electron chi connectivity index (χ1n) is 4.51. The van der Waals surface area contributed by atoms with E-state index in [9.17, 15) is 4.79 Å². The van der Waals surface area contributed by atoms with Gasteiger partial charge in [-0.2, -0.15) is 0 Å². The van der Waals surface area contributed by atoms with Crippen molar-refractivity contribution in [3.05, 3.63) is 28.8 Å². The molecule has 2 rings (SSSR count). The van der Waals surface area contributed by atoms with E-state index in [2.05, 4.69) is 0 Å². The Bertz CT molecular complexity index is 401. The number of fused-ring (bicyclic) bond motifs is 1. The Labute approximate surface area is 81.5 Å². The van der Waals surface area contributed by atoms with Gasteiger partial charge in [-0.25, -0.2) is 4.79 Å². The van der Waals surface area contributed by atoms with Crippen LogP contribution in [-0.4, -0.2) is 11.1 Å². The van der Waals surface area contributed by atoms with Crippen LogP contribution in [0, 0.1) is 0 Å². The first-order chi connectivity index (χ1) is 6.61. The van der Waals surface area contributed by atoms with Gasteiger partial charge in [0.15, 0.2) is 0 Å². The lowest BCUT2D eigenvalue weighted by atomic mass is 10.0. The summed E-state index contributed by atoms with van der Waals surface area (Å²) >= 11 is 0. The Morgan fingerprint density at radius 3 is 2.86 bits per heavy atom. The molecule has 1 atom stereocenters. The summed E-state index contributed by atoms with van der Waals surface area (Å²) in [7, 11) is 0. The number of hydrogen-bond acceptors (Lipinski definition) is 3. The van der Waals surface area contributed by atoms with Crippen LogP contribution in [0.3, 0.4) is 0 Å². The van der Waals surface area contributed by atoms with Crippen LogP contribution >= 0.6 is 0 Å². The maximum Gasteiger partial charge on any atom is 0.338 e. The van der Waals surface area contributed by atoms with Gasteiger partial charge >= 0.3 is 5.97 Å². The SMILES string of the molecule is Nc1ccc2c(c1C(=O)O)CC[C@@H]2N. The Morgan fingerprint density at radius 1 is 1.50 bits per heavy atom. The van der Waals surface area contributed by atoms with Crippen molar-refractivity contribution in [3.63, 3.8) is 0 Å². The van der Waals surface area contributed by atoms with Gasteiger partial charge in [0.25, 0.3) is 0 Å². The van der Waals surface area contributed by atoms with Crippen LogP contribution in [0.1, 0.15) is 33.9 Å². The molecule has 0 amide bonds. The van der Waals surface area contributed by atoms with Crippen molar-refractivity contribution in [1.29, 1.82) is 0 Å². The van der Waals surface area contributed by atoms with Crippen LogP contribution in [0.2, 0.25) is 0 Å². The minimum Gasteiger partial charge on any atom is -0.478 e. The number of anilines is 1. The van der Waals surface area contributed by atoms with E-state index < -0.39 is 5.97 Å². The van der Waals surface area contributed by atoms with Gasteiger partial charge in [-0.1, -0.05) is 6.07 Å². The summed E-state index contributed by atoms with van der Waals surface area (Å²) in [5.41, 5.74) is 13.7. The average Bonchev–Trinajstić information content (AvgIpc) is 2.47. The normalized spacial score (nSPS) is 19.4. The van der Waals surface area contributed by atoms with E-state index in [-0.39, 0.29) is 11.6 Å². The van der Waals surface area contributed by atoms with Crippen LogP contribution < -0.4 is 11.5 Å². The summed E-state index contributed by atoms with van der Waals surface area (Å²) in [5, 5.41) is 9.00. The summed E-state index contributed by atoms with van der Waals surface area (Å²) < 4.78 is 0. The van der Waals surface area contributed by atoms with E-state index in [0.29, 0.717) is 12.1 Å². The lowest BCUT2D eigenvalue weighted by Gasteiger charge is -2.08. The van der Waals surface area contributed by atoms with Crippen molar-refractivity contribution >= 4 is 11.7 Å². The van der Waals surface area contributed by atoms with Gasteiger partial charge in [0.2, 0.25) is 0 Å². The number of carbonyl (C=O) groups is 1. The van der Waals surface area contributed by atoms with Crippen LogP contribution in [0.15, 0.2) is 12.1 Å². The molecule has 0 fully saturated rings. The van der Waals surface area contributed by atoms with Gasteiger partial charge in [0.05, 0.1) is 5.56 Å². The second-order valence-electron chi connectivity index (χ2n) is 3.55. The molecule has 4 nitrogen and oxygen atoms in total. The Balaban J connectivity index is 2.65. The highest BCUT2D eigenvalue weighted by atomic mass is 16.4. The first-order valence-corrected chi connectivity index (χ1v) is 4.51. The first kappa shape index (κ1) is 9.02. The van der Waals surface area contributed by atoms with E-state index in [1.54, 1.807) is 6.07 Å². The van der Waals surface area contributed by atoms with Crippen molar-refractivity contribution < 1.29 is 9.90 Å². The van der Waals surface area contributed by atoms with Crippen molar-refractivity contribution in [2.24, 2.45) is 5.73 Å². The highest BCUT2D eigenvalue weighted by Crippen LogP contribution is 2.34. The van der Waals surface area contributed by atoms with Crippen molar-refractivity contribution in [1.82, 2.24) is 0 Å². The summed E-state index contributed by atoms with van der Waals surface area (Å²) in [6.45, 7) is 0. The largest absolute Gasteiger partial charge is 0.478 e. The molecule has 4 heteroatoms. The van der Waals surface area contributed by atoms with Crippen LogP contribution in [0.5, 0.6) is 0 Å². The van der Waals surface area contributed by atoms with Crippen molar-refractivity contribution in [2.45, 2.75) is 18.9 Å². The predicted molar refractivity (Wildman–Crippen MR) is 53.1 cm³/mol. The molecule has 74 valence electrons. The average molecular weight is 192 g/mol. The number of carboxylic acids is 1. The number of benzene rings is 1. The van der Waals surface area contributed by atoms with Crippen LogP contribution in [-0.2, 0) is 6.42 Å². The molecule has 0 heterocycles. The number of carboxylic acid groups (broad SMARTS) is 1. The Morgan fingerprint density at radius 2 is 2.21 bits per heavy atom. The molecule has 1 aliphatic rings. The number of nitrogens with two attached hydrogens (primary N) is 2. The molecule has 0 radical (unpaired) electrons. The maximum absolute atomic E-state index is 11.0. The van der Waals surface area contributed by atoms with E-state index in [0.717, 1.165) is 17.5 Å². The molecule has 1 aromatic rings. The lowest BCUT2D eigenvalue weighted by molar-refractivity contribution is 0.0697. The van der Waals surface area contributed by atoms with E-state index in [1.165, 1.54) is 0 Å². The van der Waals surface area contributed by atoms with Gasteiger partial charge < -0.3 is 16.6 Å². The Hall–Kier alpha value is -1.55. The second kappa shape index (κ2) is 2.99. The van der Waals surface area contributed by atoms with Crippen LogP contribution in [0.4, 0.5) is 5.69 Å². The molecule has 0 unspecified atom stereocenters.